The quantitative estimate of drug-likeness (QED) is 0.888. The van der Waals surface area contributed by atoms with Gasteiger partial charge < -0.3 is 10.8 Å². The zero-order chi connectivity index (χ0) is 11.0. The summed E-state index contributed by atoms with van der Waals surface area (Å²) in [7, 11) is 0. The monoisotopic (exact) mass is 273 g/mol. The van der Waals surface area contributed by atoms with Crippen molar-refractivity contribution in [2.24, 2.45) is 11.7 Å². The van der Waals surface area contributed by atoms with Crippen LogP contribution in [-0.2, 0) is 0 Å². The van der Waals surface area contributed by atoms with Crippen LogP contribution in [0.5, 0.6) is 0 Å². The Morgan fingerprint density at radius 2 is 2.13 bits per heavy atom. The van der Waals surface area contributed by atoms with Crippen LogP contribution in [-0.4, -0.2) is 11.2 Å². The van der Waals surface area contributed by atoms with Crippen molar-refractivity contribution in [2.45, 2.75) is 25.0 Å². The van der Waals surface area contributed by atoms with E-state index in [9.17, 15) is 9.50 Å². The normalized spacial score (nSPS) is 20.0. The molecule has 2 atom stereocenters. The molecule has 1 fully saturated rings. The van der Waals surface area contributed by atoms with Gasteiger partial charge in [-0.2, -0.15) is 0 Å². The predicted molar refractivity (Wildman–Crippen MR) is 59.8 cm³/mol. The smallest absolute Gasteiger partial charge is 0.142 e. The number of nitrogens with two attached hydrogens (primary N) is 1. The number of rotatable bonds is 3. The van der Waals surface area contributed by atoms with Crippen molar-refractivity contribution >= 4 is 15.9 Å². The Kier molecular flexibility index (Phi) is 3.09. The Morgan fingerprint density at radius 3 is 2.73 bits per heavy atom. The molecule has 0 bridgehead atoms. The maximum Gasteiger partial charge on any atom is 0.142 e. The molecular weight excluding hydrogens is 261 g/mol. The minimum atomic E-state index is -0.631. The molecule has 0 unspecified atom stereocenters. The fourth-order valence-corrected chi connectivity index (χ4v) is 2.07. The van der Waals surface area contributed by atoms with Crippen LogP contribution in [0.25, 0.3) is 0 Å². The van der Waals surface area contributed by atoms with Gasteiger partial charge in [-0.1, -0.05) is 12.1 Å². The van der Waals surface area contributed by atoms with Crippen LogP contribution >= 0.6 is 15.9 Å². The predicted octanol–water partition coefficient (Wildman–Crippen LogP) is 2.36. The van der Waals surface area contributed by atoms with Gasteiger partial charge in [0.15, 0.2) is 0 Å². The molecule has 0 amide bonds. The fraction of sp³-hybridized carbons (Fsp3) is 0.455. The van der Waals surface area contributed by atoms with Gasteiger partial charge >= 0.3 is 0 Å². The van der Waals surface area contributed by atoms with E-state index in [1.807, 2.05) is 0 Å². The van der Waals surface area contributed by atoms with E-state index >= 15 is 0 Å². The molecule has 1 aromatic rings. The summed E-state index contributed by atoms with van der Waals surface area (Å²) >= 11 is 3.10. The third-order valence-electron chi connectivity index (χ3n) is 2.81. The third kappa shape index (κ3) is 2.22. The molecule has 1 aliphatic carbocycles. The summed E-state index contributed by atoms with van der Waals surface area (Å²) in [4.78, 5) is 0. The molecule has 2 nitrogen and oxygen atoms in total. The van der Waals surface area contributed by atoms with Crippen LogP contribution in [0, 0.1) is 11.7 Å². The van der Waals surface area contributed by atoms with E-state index in [0.717, 1.165) is 12.8 Å². The van der Waals surface area contributed by atoms with Crippen molar-refractivity contribution in [1.29, 1.82) is 0 Å². The Bertz CT molecular complexity index is 368. The van der Waals surface area contributed by atoms with E-state index in [4.69, 9.17) is 5.73 Å². The van der Waals surface area contributed by atoms with Crippen molar-refractivity contribution in [2.75, 3.05) is 0 Å². The third-order valence-corrected chi connectivity index (χ3v) is 3.43. The van der Waals surface area contributed by atoms with Crippen molar-refractivity contribution < 1.29 is 9.50 Å². The summed E-state index contributed by atoms with van der Waals surface area (Å²) in [5.74, 6) is -0.122. The summed E-state index contributed by atoms with van der Waals surface area (Å²) in [6, 6.07) is 4.34. The maximum atomic E-state index is 13.7. The standard InChI is InChI=1S/C11H13BrFNO/c12-8-3-1-2-7(9(8)13)10(14)11(15)6-4-5-6/h1-3,6,10-11,15H,4-5,14H2/t10-,11+/m1/s1. The van der Waals surface area contributed by atoms with E-state index in [2.05, 4.69) is 15.9 Å². The SMILES string of the molecule is N[C@H](c1cccc(Br)c1F)[C@@H](O)C1CC1. The van der Waals surface area contributed by atoms with Crippen molar-refractivity contribution in [1.82, 2.24) is 0 Å². The average Bonchev–Trinajstić information content (AvgIpc) is 3.03. The molecular formula is C11H13BrFNO. The van der Waals surface area contributed by atoms with Crippen LogP contribution < -0.4 is 5.73 Å². The van der Waals surface area contributed by atoms with Gasteiger partial charge in [-0.25, -0.2) is 4.39 Å². The number of aliphatic hydroxyl groups excluding tert-OH is 1. The van der Waals surface area contributed by atoms with Crippen LogP contribution in [0.15, 0.2) is 22.7 Å². The molecule has 4 heteroatoms. The number of aliphatic hydroxyl groups is 1. The maximum absolute atomic E-state index is 13.7. The first kappa shape index (κ1) is 11.0. The van der Waals surface area contributed by atoms with Crippen molar-refractivity contribution in [3.05, 3.63) is 34.1 Å². The Labute approximate surface area is 96.4 Å². The first-order chi connectivity index (χ1) is 7.11. The zero-order valence-electron chi connectivity index (χ0n) is 8.16. The van der Waals surface area contributed by atoms with E-state index in [0.29, 0.717) is 10.0 Å². The lowest BCUT2D eigenvalue weighted by molar-refractivity contribution is 0.121. The van der Waals surface area contributed by atoms with Gasteiger partial charge in [-0.05, 0) is 40.8 Å². The molecule has 0 saturated heterocycles. The summed E-state index contributed by atoms with van der Waals surface area (Å²) in [5, 5.41) is 9.82. The van der Waals surface area contributed by atoms with Gasteiger partial charge in [0.2, 0.25) is 0 Å². The second kappa shape index (κ2) is 4.20. The Balaban J connectivity index is 2.24. The van der Waals surface area contributed by atoms with Crippen molar-refractivity contribution in [3.8, 4) is 0 Å². The number of hydrogen-bond donors (Lipinski definition) is 2. The highest BCUT2D eigenvalue weighted by molar-refractivity contribution is 9.10. The zero-order valence-corrected chi connectivity index (χ0v) is 9.74. The second-order valence-corrected chi connectivity index (χ2v) is 4.85. The van der Waals surface area contributed by atoms with Gasteiger partial charge in [0.05, 0.1) is 16.6 Å². The highest BCUT2D eigenvalue weighted by Crippen LogP contribution is 2.38. The largest absolute Gasteiger partial charge is 0.391 e. The Morgan fingerprint density at radius 1 is 1.47 bits per heavy atom. The average molecular weight is 274 g/mol. The molecule has 0 radical (unpaired) electrons. The number of benzene rings is 1. The summed E-state index contributed by atoms with van der Waals surface area (Å²) in [5.41, 5.74) is 6.22. The van der Waals surface area contributed by atoms with Gasteiger partial charge in [0.1, 0.15) is 5.82 Å². The lowest BCUT2D eigenvalue weighted by Crippen LogP contribution is -2.28. The molecule has 15 heavy (non-hydrogen) atoms. The van der Waals surface area contributed by atoms with Gasteiger partial charge in [-0.3, -0.25) is 0 Å². The van der Waals surface area contributed by atoms with Crippen LogP contribution in [0.4, 0.5) is 4.39 Å². The number of hydrogen-bond acceptors (Lipinski definition) is 2. The fourth-order valence-electron chi connectivity index (χ4n) is 1.69. The van der Waals surface area contributed by atoms with E-state index in [-0.39, 0.29) is 11.7 Å². The molecule has 0 aromatic heterocycles. The molecule has 0 heterocycles. The second-order valence-electron chi connectivity index (χ2n) is 4.00. The molecule has 1 aliphatic rings. The van der Waals surface area contributed by atoms with Gasteiger partial charge in [-0.15, -0.1) is 0 Å². The highest BCUT2D eigenvalue weighted by atomic mass is 79.9. The summed E-state index contributed by atoms with van der Waals surface area (Å²) < 4.78 is 14.0. The van der Waals surface area contributed by atoms with E-state index in [1.54, 1.807) is 18.2 Å². The van der Waals surface area contributed by atoms with E-state index in [1.165, 1.54) is 0 Å². The first-order valence-electron chi connectivity index (χ1n) is 4.99. The summed E-state index contributed by atoms with van der Waals surface area (Å²) in [6.07, 6.45) is 1.35. The minimum Gasteiger partial charge on any atom is -0.391 e. The number of halogens is 2. The lowest BCUT2D eigenvalue weighted by Gasteiger charge is -2.19. The molecule has 3 N–H and O–H groups in total. The molecule has 0 aliphatic heterocycles. The minimum absolute atomic E-state index is 0.249. The van der Waals surface area contributed by atoms with Crippen LogP contribution in [0.3, 0.4) is 0 Å². The van der Waals surface area contributed by atoms with Crippen LogP contribution in [0.2, 0.25) is 0 Å². The molecule has 82 valence electrons. The lowest BCUT2D eigenvalue weighted by atomic mass is 9.99. The summed E-state index contributed by atoms with van der Waals surface area (Å²) in [6.45, 7) is 0. The molecule has 1 aromatic carbocycles. The van der Waals surface area contributed by atoms with Crippen molar-refractivity contribution in [3.63, 3.8) is 0 Å². The molecule has 0 spiro atoms. The molecule has 2 rings (SSSR count). The van der Waals surface area contributed by atoms with Gasteiger partial charge in [0, 0.05) is 5.56 Å². The van der Waals surface area contributed by atoms with Crippen LogP contribution in [0.1, 0.15) is 24.4 Å². The highest BCUT2D eigenvalue weighted by Gasteiger charge is 2.35. The van der Waals surface area contributed by atoms with Gasteiger partial charge in [0.25, 0.3) is 0 Å². The molecule has 1 saturated carbocycles. The Hall–Kier alpha value is -0.450. The first-order valence-corrected chi connectivity index (χ1v) is 5.78. The topological polar surface area (TPSA) is 46.2 Å². The van der Waals surface area contributed by atoms with E-state index < -0.39 is 12.1 Å².